The van der Waals surface area contributed by atoms with Gasteiger partial charge in [0, 0.05) is 17.5 Å². The minimum Gasteiger partial charge on any atom is -0.464 e. The molecule has 0 bridgehead atoms. The van der Waals surface area contributed by atoms with E-state index in [1.165, 1.54) is 16.7 Å². The van der Waals surface area contributed by atoms with E-state index in [2.05, 4.69) is 65.7 Å². The zero-order valence-corrected chi connectivity index (χ0v) is 18.4. The predicted molar refractivity (Wildman–Crippen MR) is 130 cm³/mol. The molecule has 34 heavy (non-hydrogen) atoms. The largest absolute Gasteiger partial charge is 0.464 e. The van der Waals surface area contributed by atoms with Crippen LogP contribution in [0.25, 0.3) is 11.1 Å². The molecular weight excluding hydrogens is 424 g/mol. The van der Waals surface area contributed by atoms with Crippen molar-refractivity contribution in [1.29, 1.82) is 0 Å². The summed E-state index contributed by atoms with van der Waals surface area (Å²) in [6.45, 7) is 0.251. The molecule has 3 aliphatic rings. The topological polar surface area (TPSA) is 43.3 Å². The van der Waals surface area contributed by atoms with Gasteiger partial charge in [-0.25, -0.2) is 5.01 Å². The summed E-state index contributed by atoms with van der Waals surface area (Å²) in [6, 6.07) is 33.5. The van der Waals surface area contributed by atoms with Crippen molar-refractivity contribution in [3.05, 3.63) is 114 Å². The Hall–Kier alpha value is -4.25. The second-order valence-corrected chi connectivity index (χ2v) is 8.71. The van der Waals surface area contributed by atoms with E-state index in [1.807, 2.05) is 36.4 Å². The van der Waals surface area contributed by atoms with Crippen LogP contribution in [0.2, 0.25) is 0 Å². The number of hydrogen-bond acceptors (Lipinski definition) is 5. The molecule has 0 amide bonds. The Balaban J connectivity index is 1.26. The molecule has 5 nitrogen and oxygen atoms in total. The minimum atomic E-state index is -0.338. The Bertz CT molecular complexity index is 1400. The molecule has 3 aliphatic heterocycles. The van der Waals surface area contributed by atoms with Gasteiger partial charge in [-0.05, 0) is 41.0 Å². The van der Waals surface area contributed by atoms with Gasteiger partial charge in [0.25, 0.3) is 0 Å². The number of hydrogen-bond donors (Lipinski definition) is 0. The van der Waals surface area contributed by atoms with Crippen molar-refractivity contribution in [2.24, 2.45) is 5.10 Å². The number of ether oxygens (including phenoxy) is 3. The van der Waals surface area contributed by atoms with Gasteiger partial charge in [0.15, 0.2) is 11.5 Å². The van der Waals surface area contributed by atoms with E-state index < -0.39 is 0 Å². The summed E-state index contributed by atoms with van der Waals surface area (Å²) in [5.41, 5.74) is 6.77. The monoisotopic (exact) mass is 446 g/mol. The third kappa shape index (κ3) is 3.12. The average molecular weight is 447 g/mol. The molecule has 5 heteroatoms. The van der Waals surface area contributed by atoms with Crippen LogP contribution in [0.4, 0.5) is 0 Å². The molecule has 0 fully saturated rings. The van der Waals surface area contributed by atoms with Gasteiger partial charge in [-0.15, -0.1) is 0 Å². The third-order valence-corrected chi connectivity index (χ3v) is 6.71. The summed E-state index contributed by atoms with van der Waals surface area (Å²) >= 11 is 0. The fraction of sp³-hybridized carbons (Fsp3) is 0.138. The summed E-state index contributed by atoms with van der Waals surface area (Å²) < 4.78 is 17.6. The maximum atomic E-state index is 6.48. The molecule has 0 aromatic heterocycles. The number of rotatable bonds is 3. The van der Waals surface area contributed by atoms with Crippen LogP contribution in [0, 0.1) is 0 Å². The summed E-state index contributed by atoms with van der Waals surface area (Å²) in [4.78, 5) is 0. The van der Waals surface area contributed by atoms with E-state index in [-0.39, 0.29) is 19.1 Å². The fourth-order valence-corrected chi connectivity index (χ4v) is 4.98. The second kappa shape index (κ2) is 7.66. The molecule has 4 aromatic rings. The van der Waals surface area contributed by atoms with E-state index in [4.69, 9.17) is 19.3 Å². The smallest absolute Gasteiger partial charge is 0.231 e. The molecule has 0 saturated heterocycles. The van der Waals surface area contributed by atoms with Gasteiger partial charge in [-0.2, -0.15) is 5.10 Å². The van der Waals surface area contributed by atoms with Gasteiger partial charge < -0.3 is 14.2 Å². The Morgan fingerprint density at radius 2 is 1.41 bits per heavy atom. The van der Waals surface area contributed by atoms with Gasteiger partial charge in [0.05, 0.1) is 11.8 Å². The van der Waals surface area contributed by atoms with Crippen LogP contribution in [-0.2, 0) is 0 Å². The van der Waals surface area contributed by atoms with Crippen molar-refractivity contribution in [2.75, 3.05) is 6.79 Å². The van der Waals surface area contributed by atoms with Gasteiger partial charge in [-0.1, -0.05) is 72.8 Å². The number of fused-ring (bicyclic) bond motifs is 4. The summed E-state index contributed by atoms with van der Waals surface area (Å²) in [6.07, 6.45) is 0.488. The zero-order chi connectivity index (χ0) is 22.5. The van der Waals surface area contributed by atoms with Crippen molar-refractivity contribution >= 4 is 5.71 Å². The number of para-hydroxylation sites is 1. The molecule has 0 spiro atoms. The van der Waals surface area contributed by atoms with Crippen LogP contribution in [0.3, 0.4) is 0 Å². The first kappa shape index (κ1) is 19.2. The molecule has 0 aliphatic carbocycles. The Labute approximate surface area is 197 Å². The number of hydrazone groups is 1. The first-order chi connectivity index (χ1) is 16.8. The SMILES string of the molecule is c1ccc(-c2ccc(C3=NN4[C@@H](C3)c3ccccc3O[C@H]4c3ccc4c(c3)OCO4)cc2)cc1. The van der Waals surface area contributed by atoms with E-state index in [0.717, 1.165) is 40.5 Å². The molecule has 0 unspecified atom stereocenters. The highest BCUT2D eigenvalue weighted by atomic mass is 16.7. The fourth-order valence-electron chi connectivity index (χ4n) is 4.98. The Morgan fingerprint density at radius 1 is 0.676 bits per heavy atom. The summed E-state index contributed by atoms with van der Waals surface area (Å²) in [7, 11) is 0. The van der Waals surface area contributed by atoms with Gasteiger partial charge >= 0.3 is 0 Å². The van der Waals surface area contributed by atoms with E-state index >= 15 is 0 Å². The van der Waals surface area contributed by atoms with Crippen LogP contribution in [-0.4, -0.2) is 17.5 Å². The van der Waals surface area contributed by atoms with Crippen LogP contribution in [0.15, 0.2) is 102 Å². The van der Waals surface area contributed by atoms with Crippen LogP contribution < -0.4 is 14.2 Å². The second-order valence-electron chi connectivity index (χ2n) is 8.71. The van der Waals surface area contributed by atoms with E-state index in [0.29, 0.717) is 0 Å². The van der Waals surface area contributed by atoms with Crippen LogP contribution in [0.5, 0.6) is 17.2 Å². The van der Waals surface area contributed by atoms with Crippen molar-refractivity contribution in [3.8, 4) is 28.4 Å². The van der Waals surface area contributed by atoms with E-state index in [1.54, 1.807) is 0 Å². The first-order valence-electron chi connectivity index (χ1n) is 11.5. The van der Waals surface area contributed by atoms with Crippen molar-refractivity contribution in [3.63, 3.8) is 0 Å². The van der Waals surface area contributed by atoms with Crippen LogP contribution in [0.1, 0.15) is 35.4 Å². The van der Waals surface area contributed by atoms with E-state index in [9.17, 15) is 0 Å². The molecule has 0 radical (unpaired) electrons. The van der Waals surface area contributed by atoms with Crippen molar-refractivity contribution in [1.82, 2.24) is 5.01 Å². The maximum Gasteiger partial charge on any atom is 0.231 e. The zero-order valence-electron chi connectivity index (χ0n) is 18.4. The van der Waals surface area contributed by atoms with Crippen molar-refractivity contribution in [2.45, 2.75) is 18.7 Å². The lowest BCUT2D eigenvalue weighted by Crippen LogP contribution is -2.33. The standard InChI is InChI=1S/C29H22N2O3/c1-2-6-19(7-3-1)20-10-12-21(13-11-20)24-17-25-23-8-4-5-9-26(23)34-29(31(25)30-24)22-14-15-27-28(16-22)33-18-32-27/h1-16,25,29H,17-18H2/t25-,29-/m0/s1. The highest BCUT2D eigenvalue weighted by Gasteiger charge is 2.41. The molecule has 0 N–H and O–H groups in total. The molecule has 0 saturated carbocycles. The summed E-state index contributed by atoms with van der Waals surface area (Å²) in [5, 5.41) is 7.18. The Kier molecular flexibility index (Phi) is 4.34. The molecule has 7 rings (SSSR count). The normalized spacial score (nSPS) is 19.8. The Morgan fingerprint density at radius 3 is 2.29 bits per heavy atom. The summed E-state index contributed by atoms with van der Waals surface area (Å²) in [5.74, 6) is 2.42. The van der Waals surface area contributed by atoms with Gasteiger partial charge in [-0.3, -0.25) is 0 Å². The van der Waals surface area contributed by atoms with Crippen molar-refractivity contribution < 1.29 is 14.2 Å². The minimum absolute atomic E-state index is 0.115. The number of nitrogens with zero attached hydrogens (tertiary/aromatic N) is 2. The highest BCUT2D eigenvalue weighted by Crippen LogP contribution is 2.48. The molecule has 4 aromatic carbocycles. The lowest BCUT2D eigenvalue weighted by Gasteiger charge is -2.38. The molecule has 3 heterocycles. The predicted octanol–water partition coefficient (Wildman–Crippen LogP) is 6.32. The number of benzene rings is 4. The third-order valence-electron chi connectivity index (χ3n) is 6.71. The molecular formula is C29H22N2O3. The lowest BCUT2D eigenvalue weighted by atomic mass is 9.95. The lowest BCUT2D eigenvalue weighted by molar-refractivity contribution is -0.0191. The average Bonchev–Trinajstić information content (AvgIpc) is 3.56. The molecule has 2 atom stereocenters. The quantitative estimate of drug-likeness (QED) is 0.369. The van der Waals surface area contributed by atoms with Gasteiger partial charge in [0.2, 0.25) is 13.0 Å². The first-order valence-corrected chi connectivity index (χ1v) is 11.5. The van der Waals surface area contributed by atoms with Crippen LogP contribution >= 0.6 is 0 Å². The highest BCUT2D eigenvalue weighted by molar-refractivity contribution is 6.02. The molecule has 166 valence electrons. The van der Waals surface area contributed by atoms with Gasteiger partial charge in [0.1, 0.15) is 5.75 Å². The maximum absolute atomic E-state index is 6.48.